The lowest BCUT2D eigenvalue weighted by atomic mass is 10.1. The van der Waals surface area contributed by atoms with E-state index in [0.717, 1.165) is 4.47 Å². The maximum atomic E-state index is 12.4. The third-order valence-corrected chi connectivity index (χ3v) is 3.96. The standard InChI is InChI=1S/C16H17BrN2O3/c1-4-22-16(21)13-9(2)14(18-10(13)3)15(20)19-12-8-6-5-7-11(12)17/h5-8,18H,4H2,1-3H3,(H,19,20). The number of H-pyrrole nitrogens is 1. The molecule has 1 aromatic carbocycles. The van der Waals surface area contributed by atoms with E-state index in [1.54, 1.807) is 26.8 Å². The van der Waals surface area contributed by atoms with Crippen LogP contribution in [0.5, 0.6) is 0 Å². The molecule has 116 valence electrons. The van der Waals surface area contributed by atoms with Gasteiger partial charge in [-0.3, -0.25) is 4.79 Å². The SMILES string of the molecule is CCOC(=O)c1c(C)[nH]c(C(=O)Nc2ccccc2Br)c1C. The number of esters is 1. The van der Waals surface area contributed by atoms with E-state index in [4.69, 9.17) is 4.74 Å². The Morgan fingerprint density at radius 3 is 2.59 bits per heavy atom. The fourth-order valence-electron chi connectivity index (χ4n) is 2.23. The predicted octanol–water partition coefficient (Wildman–Crippen LogP) is 3.82. The number of nitrogens with one attached hydrogen (secondary N) is 2. The summed E-state index contributed by atoms with van der Waals surface area (Å²) in [6.45, 7) is 5.51. The maximum absolute atomic E-state index is 12.4. The number of anilines is 1. The minimum absolute atomic E-state index is 0.293. The van der Waals surface area contributed by atoms with Gasteiger partial charge < -0.3 is 15.0 Å². The summed E-state index contributed by atoms with van der Waals surface area (Å²) in [6, 6.07) is 7.33. The zero-order valence-electron chi connectivity index (χ0n) is 12.6. The van der Waals surface area contributed by atoms with Crippen molar-refractivity contribution in [1.82, 2.24) is 4.98 Å². The molecule has 22 heavy (non-hydrogen) atoms. The summed E-state index contributed by atoms with van der Waals surface area (Å²) in [7, 11) is 0. The molecule has 2 N–H and O–H groups in total. The summed E-state index contributed by atoms with van der Waals surface area (Å²) in [5.41, 5.74) is 2.64. The number of para-hydroxylation sites is 1. The Hall–Kier alpha value is -2.08. The molecule has 0 fully saturated rings. The lowest BCUT2D eigenvalue weighted by Gasteiger charge is -2.07. The van der Waals surface area contributed by atoms with Gasteiger partial charge in [-0.1, -0.05) is 12.1 Å². The van der Waals surface area contributed by atoms with Gasteiger partial charge in [0.25, 0.3) is 5.91 Å². The summed E-state index contributed by atoms with van der Waals surface area (Å²) in [5.74, 6) is -0.725. The monoisotopic (exact) mass is 364 g/mol. The summed E-state index contributed by atoms with van der Waals surface area (Å²) < 4.78 is 5.81. The number of carbonyl (C=O) groups excluding carboxylic acids is 2. The number of aromatic amines is 1. The normalized spacial score (nSPS) is 10.4. The van der Waals surface area contributed by atoms with Crippen LogP contribution in [0.4, 0.5) is 5.69 Å². The quantitative estimate of drug-likeness (QED) is 0.810. The molecule has 2 rings (SSSR count). The first-order valence-corrected chi connectivity index (χ1v) is 7.67. The van der Waals surface area contributed by atoms with E-state index in [9.17, 15) is 9.59 Å². The van der Waals surface area contributed by atoms with Crippen molar-refractivity contribution >= 4 is 33.5 Å². The van der Waals surface area contributed by atoms with Crippen LogP contribution in [-0.4, -0.2) is 23.5 Å². The van der Waals surface area contributed by atoms with Gasteiger partial charge in [-0.2, -0.15) is 0 Å². The van der Waals surface area contributed by atoms with Crippen molar-refractivity contribution in [3.05, 3.63) is 51.3 Å². The highest BCUT2D eigenvalue weighted by atomic mass is 79.9. The van der Waals surface area contributed by atoms with Crippen LogP contribution < -0.4 is 5.32 Å². The first-order valence-electron chi connectivity index (χ1n) is 6.87. The minimum Gasteiger partial charge on any atom is -0.462 e. The average molecular weight is 365 g/mol. The van der Waals surface area contributed by atoms with Crippen molar-refractivity contribution in [3.63, 3.8) is 0 Å². The minimum atomic E-state index is -0.423. The van der Waals surface area contributed by atoms with Crippen molar-refractivity contribution in [2.45, 2.75) is 20.8 Å². The second-order valence-corrected chi connectivity index (χ2v) is 5.63. The first kappa shape index (κ1) is 16.3. The topological polar surface area (TPSA) is 71.2 Å². The zero-order chi connectivity index (χ0) is 16.3. The van der Waals surface area contributed by atoms with Crippen molar-refractivity contribution in [1.29, 1.82) is 0 Å². The van der Waals surface area contributed by atoms with Crippen LogP contribution in [0.15, 0.2) is 28.7 Å². The molecule has 1 aromatic heterocycles. The Morgan fingerprint density at radius 1 is 1.27 bits per heavy atom. The summed E-state index contributed by atoms with van der Waals surface area (Å²) in [5, 5.41) is 2.81. The summed E-state index contributed by atoms with van der Waals surface area (Å²) in [6.07, 6.45) is 0. The second-order valence-electron chi connectivity index (χ2n) is 4.78. The van der Waals surface area contributed by atoms with Gasteiger partial charge in [-0.05, 0) is 54.4 Å². The number of halogens is 1. The lowest BCUT2D eigenvalue weighted by Crippen LogP contribution is -2.14. The molecular formula is C16H17BrN2O3. The van der Waals surface area contributed by atoms with E-state index in [2.05, 4.69) is 26.2 Å². The van der Waals surface area contributed by atoms with Crippen LogP contribution in [0.2, 0.25) is 0 Å². The van der Waals surface area contributed by atoms with Gasteiger partial charge in [0.05, 0.1) is 17.9 Å². The highest BCUT2D eigenvalue weighted by molar-refractivity contribution is 9.10. The molecular weight excluding hydrogens is 348 g/mol. The van der Waals surface area contributed by atoms with E-state index < -0.39 is 5.97 Å². The number of benzene rings is 1. The summed E-state index contributed by atoms with van der Waals surface area (Å²) in [4.78, 5) is 27.3. The number of hydrogen-bond donors (Lipinski definition) is 2. The molecule has 0 aliphatic rings. The molecule has 0 aliphatic carbocycles. The molecule has 1 amide bonds. The van der Waals surface area contributed by atoms with Gasteiger partial charge in [-0.25, -0.2) is 4.79 Å². The molecule has 1 heterocycles. The first-order chi connectivity index (χ1) is 10.5. The average Bonchev–Trinajstić information content (AvgIpc) is 2.77. The highest BCUT2D eigenvalue weighted by Crippen LogP contribution is 2.24. The molecule has 0 atom stereocenters. The Morgan fingerprint density at radius 2 is 1.95 bits per heavy atom. The van der Waals surface area contributed by atoms with Crippen molar-refractivity contribution < 1.29 is 14.3 Å². The maximum Gasteiger partial charge on any atom is 0.340 e. The van der Waals surface area contributed by atoms with Crippen LogP contribution in [0, 0.1) is 13.8 Å². The third kappa shape index (κ3) is 3.22. The largest absolute Gasteiger partial charge is 0.462 e. The molecule has 0 saturated heterocycles. The Labute approximate surface area is 137 Å². The molecule has 0 unspecified atom stereocenters. The molecule has 2 aromatic rings. The molecule has 0 radical (unpaired) electrons. The van der Waals surface area contributed by atoms with Gasteiger partial charge in [0.15, 0.2) is 0 Å². The second kappa shape index (κ2) is 6.79. The van der Waals surface area contributed by atoms with E-state index in [0.29, 0.717) is 34.8 Å². The van der Waals surface area contributed by atoms with Crippen molar-refractivity contribution in [2.75, 3.05) is 11.9 Å². The van der Waals surface area contributed by atoms with Gasteiger partial charge >= 0.3 is 5.97 Å². The molecule has 0 bridgehead atoms. The van der Waals surface area contributed by atoms with E-state index in [-0.39, 0.29) is 5.91 Å². The van der Waals surface area contributed by atoms with Crippen LogP contribution in [-0.2, 0) is 4.74 Å². The smallest absolute Gasteiger partial charge is 0.340 e. The highest BCUT2D eigenvalue weighted by Gasteiger charge is 2.23. The van der Waals surface area contributed by atoms with Gasteiger partial charge in [-0.15, -0.1) is 0 Å². The molecule has 0 saturated carbocycles. The number of amides is 1. The number of ether oxygens (including phenoxy) is 1. The predicted molar refractivity (Wildman–Crippen MR) is 88.3 cm³/mol. The van der Waals surface area contributed by atoms with E-state index in [1.165, 1.54) is 0 Å². The number of rotatable bonds is 4. The van der Waals surface area contributed by atoms with E-state index >= 15 is 0 Å². The van der Waals surface area contributed by atoms with Gasteiger partial charge in [0.1, 0.15) is 5.69 Å². The Bertz CT molecular complexity index is 722. The van der Waals surface area contributed by atoms with Gasteiger partial charge in [0, 0.05) is 10.2 Å². The Kier molecular flexibility index (Phi) is 5.03. The van der Waals surface area contributed by atoms with Crippen LogP contribution in [0.25, 0.3) is 0 Å². The molecule has 0 aliphatic heterocycles. The molecule has 5 nitrogen and oxygen atoms in total. The summed E-state index contributed by atoms with van der Waals surface area (Å²) >= 11 is 3.38. The molecule has 0 spiro atoms. The zero-order valence-corrected chi connectivity index (χ0v) is 14.2. The third-order valence-electron chi connectivity index (χ3n) is 3.27. The fourth-order valence-corrected chi connectivity index (χ4v) is 2.62. The van der Waals surface area contributed by atoms with Crippen molar-refractivity contribution in [2.24, 2.45) is 0 Å². The van der Waals surface area contributed by atoms with Crippen LogP contribution in [0.3, 0.4) is 0 Å². The van der Waals surface area contributed by atoms with Crippen LogP contribution in [0.1, 0.15) is 39.0 Å². The lowest BCUT2D eigenvalue weighted by molar-refractivity contribution is 0.0525. The van der Waals surface area contributed by atoms with Gasteiger partial charge in [0.2, 0.25) is 0 Å². The number of carbonyl (C=O) groups is 2. The van der Waals surface area contributed by atoms with Crippen molar-refractivity contribution in [3.8, 4) is 0 Å². The fraction of sp³-hybridized carbons (Fsp3) is 0.250. The number of aryl methyl sites for hydroxylation is 1. The molecule has 6 heteroatoms. The Balaban J connectivity index is 2.30. The number of hydrogen-bond acceptors (Lipinski definition) is 3. The van der Waals surface area contributed by atoms with Crippen LogP contribution >= 0.6 is 15.9 Å². The number of aromatic nitrogens is 1. The van der Waals surface area contributed by atoms with E-state index in [1.807, 2.05) is 18.2 Å².